The molecule has 2 aromatic heterocycles. The summed E-state index contributed by atoms with van der Waals surface area (Å²) in [6, 6.07) is 9.44. The SMILES string of the molecule is CCn1c(C(=O)Nc2ccc(N3CCNCC3)nc2)cc2c(OC)cc(OC)cc21. The molecule has 0 unspecified atom stereocenters. The van der Waals surface area contributed by atoms with Crippen molar-refractivity contribution >= 4 is 28.3 Å². The summed E-state index contributed by atoms with van der Waals surface area (Å²) in [5.74, 6) is 2.10. The molecule has 0 atom stereocenters. The van der Waals surface area contributed by atoms with Gasteiger partial charge in [-0.15, -0.1) is 0 Å². The third kappa shape index (κ3) is 3.78. The molecule has 1 aliphatic rings. The fraction of sp³-hybridized carbons (Fsp3) is 0.364. The predicted molar refractivity (Wildman–Crippen MR) is 118 cm³/mol. The van der Waals surface area contributed by atoms with Gasteiger partial charge in [-0.2, -0.15) is 0 Å². The van der Waals surface area contributed by atoms with Crippen LogP contribution in [0.4, 0.5) is 11.5 Å². The van der Waals surface area contributed by atoms with E-state index in [4.69, 9.17) is 9.47 Å². The summed E-state index contributed by atoms with van der Waals surface area (Å²) in [5.41, 5.74) is 2.12. The molecule has 2 N–H and O–H groups in total. The van der Waals surface area contributed by atoms with Gasteiger partial charge in [0.05, 0.1) is 31.6 Å². The average molecular weight is 409 g/mol. The first-order valence-corrected chi connectivity index (χ1v) is 10.1. The van der Waals surface area contributed by atoms with Crippen LogP contribution in [-0.4, -0.2) is 55.9 Å². The lowest BCUT2D eigenvalue weighted by Crippen LogP contribution is -2.43. The van der Waals surface area contributed by atoms with Crippen molar-refractivity contribution in [1.82, 2.24) is 14.9 Å². The van der Waals surface area contributed by atoms with Gasteiger partial charge in [0.1, 0.15) is 23.0 Å². The highest BCUT2D eigenvalue weighted by Gasteiger charge is 2.19. The van der Waals surface area contributed by atoms with Gasteiger partial charge in [-0.1, -0.05) is 0 Å². The summed E-state index contributed by atoms with van der Waals surface area (Å²) in [7, 11) is 3.23. The zero-order chi connectivity index (χ0) is 21.1. The number of anilines is 2. The van der Waals surface area contributed by atoms with Gasteiger partial charge < -0.3 is 29.6 Å². The van der Waals surface area contributed by atoms with E-state index in [2.05, 4.69) is 20.5 Å². The maximum absolute atomic E-state index is 13.1. The molecule has 0 aliphatic carbocycles. The van der Waals surface area contributed by atoms with Gasteiger partial charge in [-0.05, 0) is 25.1 Å². The molecule has 30 heavy (non-hydrogen) atoms. The van der Waals surface area contributed by atoms with Crippen LogP contribution in [0.15, 0.2) is 36.5 Å². The number of rotatable bonds is 6. The van der Waals surface area contributed by atoms with Gasteiger partial charge in [0.2, 0.25) is 0 Å². The number of pyridine rings is 1. The van der Waals surface area contributed by atoms with E-state index in [1.54, 1.807) is 20.4 Å². The summed E-state index contributed by atoms with van der Waals surface area (Å²) in [6.45, 7) is 6.42. The zero-order valence-corrected chi connectivity index (χ0v) is 17.6. The van der Waals surface area contributed by atoms with E-state index in [9.17, 15) is 4.79 Å². The Morgan fingerprint density at radius 1 is 1.17 bits per heavy atom. The second-order valence-corrected chi connectivity index (χ2v) is 7.13. The van der Waals surface area contributed by atoms with Crippen LogP contribution in [0.2, 0.25) is 0 Å². The van der Waals surface area contributed by atoms with E-state index >= 15 is 0 Å². The number of hydrogen-bond acceptors (Lipinski definition) is 6. The molecule has 1 fully saturated rings. The number of hydrogen-bond donors (Lipinski definition) is 2. The maximum atomic E-state index is 13.1. The number of amides is 1. The first-order valence-electron chi connectivity index (χ1n) is 10.1. The molecule has 4 rings (SSSR count). The number of aromatic nitrogens is 2. The van der Waals surface area contributed by atoms with E-state index in [-0.39, 0.29) is 5.91 Å². The van der Waals surface area contributed by atoms with Crippen molar-refractivity contribution in [2.75, 3.05) is 50.6 Å². The first-order chi connectivity index (χ1) is 14.6. The monoisotopic (exact) mass is 409 g/mol. The summed E-state index contributed by atoms with van der Waals surface area (Å²) in [6.07, 6.45) is 1.71. The Kier molecular flexibility index (Phi) is 5.76. The molecule has 3 heterocycles. The topological polar surface area (TPSA) is 80.7 Å². The van der Waals surface area contributed by atoms with Crippen molar-refractivity contribution in [2.45, 2.75) is 13.5 Å². The second kappa shape index (κ2) is 8.62. The summed E-state index contributed by atoms with van der Waals surface area (Å²) >= 11 is 0. The van der Waals surface area contributed by atoms with Crippen molar-refractivity contribution < 1.29 is 14.3 Å². The zero-order valence-electron chi connectivity index (χ0n) is 17.6. The minimum atomic E-state index is -0.189. The van der Waals surface area contributed by atoms with Crippen LogP contribution in [0.1, 0.15) is 17.4 Å². The van der Waals surface area contributed by atoms with E-state index < -0.39 is 0 Å². The molecule has 158 valence electrons. The standard InChI is InChI=1S/C22H27N5O3/c1-4-27-18-11-16(29-2)12-20(30-3)17(18)13-19(27)22(28)25-15-5-6-21(24-14-15)26-9-7-23-8-10-26/h5-6,11-14,23H,4,7-10H2,1-3H3,(H,25,28). The van der Waals surface area contributed by atoms with Gasteiger partial charge in [-0.3, -0.25) is 4.79 Å². The summed E-state index contributed by atoms with van der Waals surface area (Å²) in [4.78, 5) is 19.8. The number of carbonyl (C=O) groups is 1. The quantitative estimate of drug-likeness (QED) is 0.652. The molecule has 1 saturated heterocycles. The van der Waals surface area contributed by atoms with Crippen LogP contribution in [0.5, 0.6) is 11.5 Å². The van der Waals surface area contributed by atoms with Crippen molar-refractivity contribution in [3.8, 4) is 11.5 Å². The number of piperazine rings is 1. The van der Waals surface area contributed by atoms with Crippen molar-refractivity contribution in [3.05, 3.63) is 42.2 Å². The number of benzene rings is 1. The number of ether oxygens (including phenoxy) is 2. The Labute approximate surface area is 175 Å². The van der Waals surface area contributed by atoms with Gasteiger partial charge in [0, 0.05) is 50.2 Å². The van der Waals surface area contributed by atoms with E-state index in [1.807, 2.05) is 41.8 Å². The molecule has 0 bridgehead atoms. The molecule has 0 saturated carbocycles. The Hall–Kier alpha value is -3.26. The van der Waals surface area contributed by atoms with Crippen LogP contribution in [0.3, 0.4) is 0 Å². The third-order valence-corrected chi connectivity index (χ3v) is 5.41. The van der Waals surface area contributed by atoms with Gasteiger partial charge in [0.25, 0.3) is 5.91 Å². The number of fused-ring (bicyclic) bond motifs is 1. The molecule has 1 aliphatic heterocycles. The van der Waals surface area contributed by atoms with Gasteiger partial charge in [0.15, 0.2) is 0 Å². The predicted octanol–water partition coefficient (Wildman–Crippen LogP) is 2.74. The second-order valence-electron chi connectivity index (χ2n) is 7.13. The number of aryl methyl sites for hydroxylation is 1. The Morgan fingerprint density at radius 2 is 1.97 bits per heavy atom. The van der Waals surface area contributed by atoms with Crippen molar-refractivity contribution in [3.63, 3.8) is 0 Å². The third-order valence-electron chi connectivity index (χ3n) is 5.41. The average Bonchev–Trinajstić information content (AvgIpc) is 3.18. The summed E-state index contributed by atoms with van der Waals surface area (Å²) in [5, 5.41) is 7.17. The molecule has 8 heteroatoms. The fourth-order valence-electron chi connectivity index (χ4n) is 3.85. The lowest BCUT2D eigenvalue weighted by molar-refractivity contribution is 0.101. The molecule has 0 spiro atoms. The van der Waals surface area contributed by atoms with E-state index in [1.165, 1.54) is 0 Å². The number of nitrogens with zero attached hydrogens (tertiary/aromatic N) is 3. The molecule has 1 amide bonds. The number of carbonyl (C=O) groups excluding carboxylic acids is 1. The number of methoxy groups -OCH3 is 2. The lowest BCUT2D eigenvalue weighted by atomic mass is 10.2. The highest BCUT2D eigenvalue weighted by molar-refractivity contribution is 6.07. The highest BCUT2D eigenvalue weighted by atomic mass is 16.5. The largest absolute Gasteiger partial charge is 0.497 e. The van der Waals surface area contributed by atoms with Gasteiger partial charge >= 0.3 is 0 Å². The van der Waals surface area contributed by atoms with Gasteiger partial charge in [-0.25, -0.2) is 4.98 Å². The summed E-state index contributed by atoms with van der Waals surface area (Å²) < 4.78 is 12.8. The van der Waals surface area contributed by atoms with E-state index in [0.717, 1.165) is 42.9 Å². The van der Waals surface area contributed by atoms with Crippen LogP contribution in [-0.2, 0) is 6.54 Å². The molecule has 1 aromatic carbocycles. The molecular weight excluding hydrogens is 382 g/mol. The molecule has 8 nitrogen and oxygen atoms in total. The minimum Gasteiger partial charge on any atom is -0.497 e. The van der Waals surface area contributed by atoms with Crippen LogP contribution >= 0.6 is 0 Å². The fourth-order valence-corrected chi connectivity index (χ4v) is 3.85. The first kappa shape index (κ1) is 20.0. The molecular formula is C22H27N5O3. The smallest absolute Gasteiger partial charge is 0.272 e. The molecule has 0 radical (unpaired) electrons. The maximum Gasteiger partial charge on any atom is 0.272 e. The van der Waals surface area contributed by atoms with Crippen molar-refractivity contribution in [1.29, 1.82) is 0 Å². The highest BCUT2D eigenvalue weighted by Crippen LogP contribution is 2.34. The van der Waals surface area contributed by atoms with Crippen LogP contribution < -0.4 is 25.0 Å². The van der Waals surface area contributed by atoms with E-state index in [0.29, 0.717) is 29.4 Å². The normalized spacial score (nSPS) is 14.0. The molecule has 3 aromatic rings. The minimum absolute atomic E-state index is 0.189. The van der Waals surface area contributed by atoms with Crippen LogP contribution in [0, 0.1) is 0 Å². The van der Waals surface area contributed by atoms with Crippen molar-refractivity contribution in [2.24, 2.45) is 0 Å². The Morgan fingerprint density at radius 3 is 2.60 bits per heavy atom. The number of nitrogens with one attached hydrogen (secondary N) is 2. The Bertz CT molecular complexity index is 1040. The lowest BCUT2D eigenvalue weighted by Gasteiger charge is -2.28. The Balaban J connectivity index is 1.60. The van der Waals surface area contributed by atoms with Crippen LogP contribution in [0.25, 0.3) is 10.9 Å².